The summed E-state index contributed by atoms with van der Waals surface area (Å²) in [4.78, 5) is 11.3. The summed E-state index contributed by atoms with van der Waals surface area (Å²) in [5.41, 5.74) is 2.38. The van der Waals surface area contributed by atoms with Gasteiger partial charge in [0.15, 0.2) is 5.58 Å². The SMILES string of the molecule is CNCCNc1ccc2c(c1)oc(=O)n2C. The molecular weight excluding hydrogens is 206 g/mol. The first kappa shape index (κ1) is 10.8. The van der Waals surface area contributed by atoms with Gasteiger partial charge in [-0.05, 0) is 19.2 Å². The Morgan fingerprint density at radius 1 is 1.38 bits per heavy atom. The van der Waals surface area contributed by atoms with Crippen LogP contribution in [0.4, 0.5) is 5.69 Å². The lowest BCUT2D eigenvalue weighted by molar-refractivity contribution is 0.528. The van der Waals surface area contributed by atoms with Crippen LogP contribution in [0.25, 0.3) is 11.1 Å². The van der Waals surface area contributed by atoms with Crippen molar-refractivity contribution in [2.24, 2.45) is 7.05 Å². The first-order valence-electron chi connectivity index (χ1n) is 5.20. The molecule has 2 aromatic rings. The normalized spacial score (nSPS) is 10.9. The summed E-state index contributed by atoms with van der Waals surface area (Å²) in [7, 11) is 3.60. The van der Waals surface area contributed by atoms with Gasteiger partial charge in [-0.3, -0.25) is 4.57 Å². The highest BCUT2D eigenvalue weighted by Gasteiger charge is 2.05. The van der Waals surface area contributed by atoms with E-state index in [0.29, 0.717) is 5.58 Å². The van der Waals surface area contributed by atoms with Gasteiger partial charge < -0.3 is 15.1 Å². The van der Waals surface area contributed by atoms with Crippen molar-refractivity contribution < 1.29 is 4.42 Å². The number of oxazole rings is 1. The number of anilines is 1. The molecule has 0 saturated carbocycles. The lowest BCUT2D eigenvalue weighted by Crippen LogP contribution is -2.17. The molecule has 0 aliphatic rings. The van der Waals surface area contributed by atoms with Crippen molar-refractivity contribution in [2.45, 2.75) is 0 Å². The number of nitrogens with zero attached hydrogens (tertiary/aromatic N) is 1. The number of aryl methyl sites for hydroxylation is 1. The molecular formula is C11H15N3O2. The number of nitrogens with one attached hydrogen (secondary N) is 2. The molecule has 0 amide bonds. The van der Waals surface area contributed by atoms with E-state index in [-0.39, 0.29) is 5.76 Å². The minimum absolute atomic E-state index is 0.331. The van der Waals surface area contributed by atoms with Gasteiger partial charge in [0.25, 0.3) is 0 Å². The first-order chi connectivity index (χ1) is 7.72. The summed E-state index contributed by atoms with van der Waals surface area (Å²) in [5.74, 6) is -0.331. The van der Waals surface area contributed by atoms with Crippen molar-refractivity contribution in [3.05, 3.63) is 28.7 Å². The van der Waals surface area contributed by atoms with Crippen molar-refractivity contribution in [1.82, 2.24) is 9.88 Å². The number of fused-ring (bicyclic) bond motifs is 1. The second kappa shape index (κ2) is 4.40. The maximum absolute atomic E-state index is 11.3. The monoisotopic (exact) mass is 221 g/mol. The highest BCUT2D eigenvalue weighted by Crippen LogP contribution is 2.17. The van der Waals surface area contributed by atoms with Crippen molar-refractivity contribution in [1.29, 1.82) is 0 Å². The average Bonchev–Trinajstić information content (AvgIpc) is 2.55. The van der Waals surface area contributed by atoms with Gasteiger partial charge in [-0.15, -0.1) is 0 Å². The van der Waals surface area contributed by atoms with E-state index in [9.17, 15) is 4.79 Å². The minimum atomic E-state index is -0.331. The predicted octanol–water partition coefficient (Wildman–Crippen LogP) is 0.763. The first-order valence-corrected chi connectivity index (χ1v) is 5.20. The van der Waals surface area contributed by atoms with Crippen LogP contribution >= 0.6 is 0 Å². The molecule has 0 aliphatic carbocycles. The van der Waals surface area contributed by atoms with Gasteiger partial charge in [-0.25, -0.2) is 4.79 Å². The quantitative estimate of drug-likeness (QED) is 0.748. The molecule has 86 valence electrons. The summed E-state index contributed by atoms with van der Waals surface area (Å²) in [6.45, 7) is 1.72. The van der Waals surface area contributed by atoms with Crippen molar-refractivity contribution in [3.63, 3.8) is 0 Å². The van der Waals surface area contributed by atoms with E-state index >= 15 is 0 Å². The predicted molar refractivity (Wildman–Crippen MR) is 63.9 cm³/mol. The van der Waals surface area contributed by atoms with Crippen LogP contribution in [-0.4, -0.2) is 24.7 Å². The lowest BCUT2D eigenvalue weighted by atomic mass is 10.3. The Balaban J connectivity index is 2.27. The molecule has 1 aromatic carbocycles. The topological polar surface area (TPSA) is 59.2 Å². The smallest absolute Gasteiger partial charge is 0.408 e. The highest BCUT2D eigenvalue weighted by molar-refractivity contribution is 5.77. The van der Waals surface area contributed by atoms with Crippen LogP contribution in [0.15, 0.2) is 27.4 Å². The Labute approximate surface area is 93.1 Å². The number of hydrogen-bond acceptors (Lipinski definition) is 4. The Morgan fingerprint density at radius 2 is 2.19 bits per heavy atom. The Hall–Kier alpha value is -1.75. The fraction of sp³-hybridized carbons (Fsp3) is 0.364. The highest BCUT2D eigenvalue weighted by atomic mass is 16.4. The van der Waals surface area contributed by atoms with E-state index < -0.39 is 0 Å². The largest absolute Gasteiger partial charge is 0.419 e. The van der Waals surface area contributed by atoms with Crippen LogP contribution in [-0.2, 0) is 7.05 Å². The van der Waals surface area contributed by atoms with E-state index in [2.05, 4.69) is 10.6 Å². The molecule has 0 aliphatic heterocycles. The summed E-state index contributed by atoms with van der Waals surface area (Å²) in [6.07, 6.45) is 0. The fourth-order valence-electron chi connectivity index (χ4n) is 1.58. The van der Waals surface area contributed by atoms with Gasteiger partial charge in [0.1, 0.15) is 0 Å². The number of benzene rings is 1. The third-order valence-corrected chi connectivity index (χ3v) is 2.50. The van der Waals surface area contributed by atoms with Crippen LogP contribution in [0.1, 0.15) is 0 Å². The van der Waals surface area contributed by atoms with Gasteiger partial charge in [0, 0.05) is 31.9 Å². The summed E-state index contributed by atoms with van der Waals surface area (Å²) in [5, 5.41) is 6.28. The molecule has 0 spiro atoms. The van der Waals surface area contributed by atoms with Crippen LogP contribution in [0.2, 0.25) is 0 Å². The maximum atomic E-state index is 11.3. The molecule has 1 aromatic heterocycles. The van der Waals surface area contributed by atoms with Crippen LogP contribution in [0, 0.1) is 0 Å². The molecule has 2 N–H and O–H groups in total. The molecule has 5 heteroatoms. The number of hydrogen-bond donors (Lipinski definition) is 2. The molecule has 0 fully saturated rings. The van der Waals surface area contributed by atoms with E-state index in [1.165, 1.54) is 4.57 Å². The Kier molecular flexibility index (Phi) is 2.96. The number of rotatable bonds is 4. The van der Waals surface area contributed by atoms with E-state index in [1.807, 2.05) is 25.2 Å². The zero-order valence-electron chi connectivity index (χ0n) is 9.41. The molecule has 0 bridgehead atoms. The summed E-state index contributed by atoms with van der Waals surface area (Å²) < 4.78 is 6.59. The Morgan fingerprint density at radius 3 is 2.94 bits per heavy atom. The van der Waals surface area contributed by atoms with Crippen molar-refractivity contribution in [3.8, 4) is 0 Å². The molecule has 0 unspecified atom stereocenters. The van der Waals surface area contributed by atoms with E-state index in [1.54, 1.807) is 7.05 Å². The maximum Gasteiger partial charge on any atom is 0.419 e. The van der Waals surface area contributed by atoms with E-state index in [0.717, 1.165) is 24.3 Å². The zero-order chi connectivity index (χ0) is 11.5. The fourth-order valence-corrected chi connectivity index (χ4v) is 1.58. The second-order valence-corrected chi connectivity index (χ2v) is 3.64. The lowest BCUT2D eigenvalue weighted by Gasteiger charge is -2.05. The molecule has 2 rings (SSSR count). The summed E-state index contributed by atoms with van der Waals surface area (Å²) >= 11 is 0. The number of likely N-dealkylation sites (N-methyl/N-ethyl adjacent to an activating group) is 1. The summed E-state index contributed by atoms with van der Waals surface area (Å²) in [6, 6.07) is 5.65. The van der Waals surface area contributed by atoms with Gasteiger partial charge >= 0.3 is 5.76 Å². The van der Waals surface area contributed by atoms with Gasteiger partial charge in [-0.1, -0.05) is 0 Å². The Bertz CT molecular complexity index is 542. The third kappa shape index (κ3) is 1.94. The van der Waals surface area contributed by atoms with Crippen molar-refractivity contribution >= 4 is 16.8 Å². The second-order valence-electron chi connectivity index (χ2n) is 3.64. The zero-order valence-corrected chi connectivity index (χ0v) is 9.41. The van der Waals surface area contributed by atoms with E-state index in [4.69, 9.17) is 4.42 Å². The molecule has 16 heavy (non-hydrogen) atoms. The van der Waals surface area contributed by atoms with Gasteiger partial charge in [0.2, 0.25) is 0 Å². The minimum Gasteiger partial charge on any atom is -0.408 e. The standard InChI is InChI=1S/C11H15N3O2/c1-12-5-6-13-8-3-4-9-10(7-8)16-11(15)14(9)2/h3-4,7,12-13H,5-6H2,1-2H3. The third-order valence-electron chi connectivity index (χ3n) is 2.50. The number of aromatic nitrogens is 1. The molecule has 5 nitrogen and oxygen atoms in total. The van der Waals surface area contributed by atoms with Crippen LogP contribution in [0.3, 0.4) is 0 Å². The average molecular weight is 221 g/mol. The van der Waals surface area contributed by atoms with Crippen LogP contribution in [0.5, 0.6) is 0 Å². The van der Waals surface area contributed by atoms with Crippen molar-refractivity contribution in [2.75, 3.05) is 25.5 Å². The van der Waals surface area contributed by atoms with Crippen LogP contribution < -0.4 is 16.4 Å². The molecule has 0 saturated heterocycles. The molecule has 0 radical (unpaired) electrons. The molecule has 1 heterocycles. The van der Waals surface area contributed by atoms with Gasteiger partial charge in [-0.2, -0.15) is 0 Å². The van der Waals surface area contributed by atoms with Gasteiger partial charge in [0.05, 0.1) is 5.52 Å². The molecule has 0 atom stereocenters.